The molecule has 0 bridgehead atoms. The van der Waals surface area contributed by atoms with Crippen LogP contribution in [0.4, 0.5) is 0 Å². The molecule has 0 aliphatic rings. The predicted octanol–water partition coefficient (Wildman–Crippen LogP) is 6.90. The van der Waals surface area contributed by atoms with E-state index in [1.807, 2.05) is 0 Å². The summed E-state index contributed by atoms with van der Waals surface area (Å²) < 4.78 is 0. The van der Waals surface area contributed by atoms with Gasteiger partial charge in [0.05, 0.1) is 0 Å². The Hall–Kier alpha value is -0.260. The molecule has 0 radical (unpaired) electrons. The van der Waals surface area contributed by atoms with E-state index in [2.05, 4.69) is 27.4 Å². The molecule has 0 aliphatic carbocycles. The molecule has 0 aromatic rings. The number of allylic oxidation sites excluding steroid dienone is 1. The van der Waals surface area contributed by atoms with Gasteiger partial charge >= 0.3 is 0 Å². The van der Waals surface area contributed by atoms with Crippen LogP contribution < -0.4 is 0 Å². The lowest BCUT2D eigenvalue weighted by molar-refractivity contribution is 0.475. The molecule has 0 fully saturated rings. The lowest BCUT2D eigenvalue weighted by atomic mass is 9.93. The molecule has 0 heterocycles. The van der Waals surface area contributed by atoms with Crippen LogP contribution in [0.3, 0.4) is 0 Å². The first-order valence-electron chi connectivity index (χ1n) is 8.37. The topological polar surface area (TPSA) is 0 Å². The number of hydrogen-bond donors (Lipinski definition) is 0. The molecule has 0 saturated carbocycles. The monoisotopic (exact) mass is 252 g/mol. The van der Waals surface area contributed by atoms with E-state index in [9.17, 15) is 0 Å². The van der Waals surface area contributed by atoms with E-state index in [4.69, 9.17) is 0 Å². The van der Waals surface area contributed by atoms with Gasteiger partial charge in [-0.1, -0.05) is 90.7 Å². The predicted molar refractivity (Wildman–Crippen MR) is 85.1 cm³/mol. The van der Waals surface area contributed by atoms with Crippen LogP contribution in [0.15, 0.2) is 12.2 Å². The quantitative estimate of drug-likeness (QED) is 0.247. The summed E-state index contributed by atoms with van der Waals surface area (Å²) in [7, 11) is 0. The highest BCUT2D eigenvalue weighted by Crippen LogP contribution is 2.21. The Balaban J connectivity index is 3.37. The van der Waals surface area contributed by atoms with Crippen molar-refractivity contribution in [1.29, 1.82) is 0 Å². The molecule has 1 unspecified atom stereocenters. The first kappa shape index (κ1) is 17.7. The Bertz CT molecular complexity index is 180. The van der Waals surface area contributed by atoms with Crippen molar-refractivity contribution in [3.05, 3.63) is 12.2 Å². The summed E-state index contributed by atoms with van der Waals surface area (Å²) in [5.41, 5.74) is 1.49. The third-order valence-electron chi connectivity index (χ3n) is 3.82. The minimum atomic E-state index is 0.852. The molecule has 18 heavy (non-hydrogen) atoms. The molecular weight excluding hydrogens is 216 g/mol. The molecule has 0 nitrogen and oxygen atoms in total. The molecule has 0 aliphatic heterocycles. The zero-order valence-electron chi connectivity index (χ0n) is 13.3. The first-order chi connectivity index (χ1) is 8.70. The fourth-order valence-corrected chi connectivity index (χ4v) is 2.60. The van der Waals surface area contributed by atoms with Crippen molar-refractivity contribution >= 4 is 0 Å². The highest BCUT2D eigenvalue weighted by Gasteiger charge is 2.04. The highest BCUT2D eigenvalue weighted by atomic mass is 14.1. The van der Waals surface area contributed by atoms with Gasteiger partial charge in [-0.3, -0.25) is 0 Å². The Labute approximate surface area is 116 Å². The fraction of sp³-hybridized carbons (Fsp3) is 0.889. The van der Waals surface area contributed by atoms with Crippen LogP contribution in [-0.4, -0.2) is 0 Å². The van der Waals surface area contributed by atoms with Gasteiger partial charge in [-0.15, -0.1) is 0 Å². The summed E-state index contributed by atoms with van der Waals surface area (Å²) in [6.07, 6.45) is 16.4. The molecule has 0 rings (SSSR count). The van der Waals surface area contributed by atoms with E-state index in [1.165, 1.54) is 82.6 Å². The normalized spacial score (nSPS) is 12.6. The molecule has 0 N–H and O–H groups in total. The second-order valence-electron chi connectivity index (χ2n) is 6.07. The Kier molecular flexibility index (Phi) is 13.0. The Morgan fingerprint density at radius 2 is 1.39 bits per heavy atom. The van der Waals surface area contributed by atoms with Gasteiger partial charge in [0.1, 0.15) is 0 Å². The van der Waals surface area contributed by atoms with Crippen molar-refractivity contribution in [1.82, 2.24) is 0 Å². The van der Waals surface area contributed by atoms with Gasteiger partial charge in [0, 0.05) is 0 Å². The minimum Gasteiger partial charge on any atom is -0.0999 e. The van der Waals surface area contributed by atoms with E-state index in [-0.39, 0.29) is 0 Å². The van der Waals surface area contributed by atoms with Crippen molar-refractivity contribution in [3.63, 3.8) is 0 Å². The van der Waals surface area contributed by atoms with E-state index in [0.29, 0.717) is 0 Å². The van der Waals surface area contributed by atoms with Crippen molar-refractivity contribution in [2.75, 3.05) is 0 Å². The zero-order valence-corrected chi connectivity index (χ0v) is 13.3. The Morgan fingerprint density at radius 3 is 2.00 bits per heavy atom. The summed E-state index contributed by atoms with van der Waals surface area (Å²) in [5, 5.41) is 0. The number of rotatable bonds is 13. The smallest absolute Gasteiger partial charge is 0.0297 e. The lowest BCUT2D eigenvalue weighted by Crippen LogP contribution is -1.97. The van der Waals surface area contributed by atoms with Gasteiger partial charge in [0.25, 0.3) is 0 Å². The van der Waals surface area contributed by atoms with E-state index >= 15 is 0 Å². The van der Waals surface area contributed by atoms with Crippen LogP contribution >= 0.6 is 0 Å². The van der Waals surface area contributed by atoms with Crippen LogP contribution in [0.1, 0.15) is 97.8 Å². The van der Waals surface area contributed by atoms with Crippen LogP contribution in [0.5, 0.6) is 0 Å². The summed E-state index contributed by atoms with van der Waals surface area (Å²) in [6.45, 7) is 11.2. The summed E-state index contributed by atoms with van der Waals surface area (Å²) in [5.74, 6) is 0.852. The molecule has 0 aromatic heterocycles. The van der Waals surface area contributed by atoms with Crippen LogP contribution in [-0.2, 0) is 0 Å². The van der Waals surface area contributed by atoms with Gasteiger partial charge < -0.3 is 0 Å². The maximum Gasteiger partial charge on any atom is -0.0297 e. The third-order valence-corrected chi connectivity index (χ3v) is 3.82. The largest absolute Gasteiger partial charge is 0.0999 e. The average molecular weight is 252 g/mol. The SMILES string of the molecule is C=C(CCCCCC)CC(C)CCCCCCC. The molecule has 0 saturated heterocycles. The van der Waals surface area contributed by atoms with Gasteiger partial charge in [0.2, 0.25) is 0 Å². The summed E-state index contributed by atoms with van der Waals surface area (Å²) >= 11 is 0. The first-order valence-corrected chi connectivity index (χ1v) is 8.37. The second-order valence-corrected chi connectivity index (χ2v) is 6.07. The molecule has 0 aromatic carbocycles. The molecular formula is C18H36. The average Bonchev–Trinajstić information content (AvgIpc) is 2.34. The standard InChI is InChI=1S/C18H36/c1-5-7-9-11-13-15-18(4)16-17(3)14-12-10-8-6-2/h18H,3,5-16H2,1-2,4H3. The van der Waals surface area contributed by atoms with Gasteiger partial charge in [0.15, 0.2) is 0 Å². The maximum atomic E-state index is 4.25. The number of unbranched alkanes of at least 4 members (excludes halogenated alkanes) is 7. The third kappa shape index (κ3) is 12.2. The summed E-state index contributed by atoms with van der Waals surface area (Å²) in [6, 6.07) is 0. The van der Waals surface area contributed by atoms with Crippen LogP contribution in [0.2, 0.25) is 0 Å². The second kappa shape index (κ2) is 13.2. The van der Waals surface area contributed by atoms with Crippen molar-refractivity contribution in [3.8, 4) is 0 Å². The lowest BCUT2D eigenvalue weighted by Gasteiger charge is -2.13. The van der Waals surface area contributed by atoms with Crippen molar-refractivity contribution in [2.45, 2.75) is 97.8 Å². The number of hydrogen-bond acceptors (Lipinski definition) is 0. The van der Waals surface area contributed by atoms with Gasteiger partial charge in [-0.25, -0.2) is 0 Å². The Morgan fingerprint density at radius 1 is 0.833 bits per heavy atom. The molecule has 0 spiro atoms. The molecule has 108 valence electrons. The minimum absolute atomic E-state index is 0.852. The molecule has 0 amide bonds. The van der Waals surface area contributed by atoms with E-state index in [1.54, 1.807) is 0 Å². The van der Waals surface area contributed by atoms with Crippen molar-refractivity contribution in [2.24, 2.45) is 5.92 Å². The highest BCUT2D eigenvalue weighted by molar-refractivity contribution is 4.94. The van der Waals surface area contributed by atoms with E-state index < -0.39 is 0 Å². The zero-order chi connectivity index (χ0) is 13.6. The molecule has 0 heteroatoms. The maximum absolute atomic E-state index is 4.25. The molecule has 1 atom stereocenters. The van der Waals surface area contributed by atoms with Gasteiger partial charge in [-0.05, 0) is 25.2 Å². The fourth-order valence-electron chi connectivity index (χ4n) is 2.60. The van der Waals surface area contributed by atoms with E-state index in [0.717, 1.165) is 5.92 Å². The summed E-state index contributed by atoms with van der Waals surface area (Å²) in [4.78, 5) is 0. The van der Waals surface area contributed by atoms with Crippen molar-refractivity contribution < 1.29 is 0 Å². The van der Waals surface area contributed by atoms with Crippen LogP contribution in [0, 0.1) is 5.92 Å². The van der Waals surface area contributed by atoms with Crippen LogP contribution in [0.25, 0.3) is 0 Å². The van der Waals surface area contributed by atoms with Gasteiger partial charge in [-0.2, -0.15) is 0 Å².